The number of pyridine rings is 1. The lowest BCUT2D eigenvalue weighted by Crippen LogP contribution is -2.43. The average Bonchev–Trinajstić information content (AvgIpc) is 2.74. The summed E-state index contributed by atoms with van der Waals surface area (Å²) in [6.07, 6.45) is 3.41. The molecule has 1 aliphatic rings. The Kier molecular flexibility index (Phi) is 7.33. The van der Waals surface area contributed by atoms with Gasteiger partial charge in [-0.3, -0.25) is 4.79 Å². The number of carbonyl (C=O) groups is 2. The zero-order valence-electron chi connectivity index (χ0n) is 18.9. The van der Waals surface area contributed by atoms with Crippen molar-refractivity contribution in [3.63, 3.8) is 0 Å². The first-order chi connectivity index (χ1) is 15.2. The van der Waals surface area contributed by atoms with Crippen LogP contribution in [0.25, 0.3) is 11.1 Å². The molecule has 0 radical (unpaired) electrons. The minimum absolute atomic E-state index is 0.139. The Bertz CT molecular complexity index is 974. The van der Waals surface area contributed by atoms with Gasteiger partial charge in [0.1, 0.15) is 23.0 Å². The minimum Gasteiger partial charge on any atom is -0.496 e. The van der Waals surface area contributed by atoms with Crippen LogP contribution in [0.2, 0.25) is 0 Å². The number of rotatable bonds is 5. The topological polar surface area (TPSA) is 89.6 Å². The molecular formula is C24H30FN3O4. The molecule has 1 saturated carbocycles. The van der Waals surface area contributed by atoms with E-state index in [1.807, 2.05) is 0 Å². The molecule has 0 unspecified atom stereocenters. The molecule has 8 heteroatoms. The molecule has 0 saturated heterocycles. The molecule has 1 fully saturated rings. The second-order valence-electron chi connectivity index (χ2n) is 8.95. The number of amides is 2. The SMILES string of the molecule is COc1ccccc1-c1cc(NC(=O)[C@H]2CCC[C@@H](NC(=O)OC(C)(C)C)C2)ncc1F. The molecule has 0 bridgehead atoms. The van der Waals surface area contributed by atoms with E-state index in [1.165, 1.54) is 13.2 Å². The predicted octanol–water partition coefficient (Wildman–Crippen LogP) is 4.92. The number of benzene rings is 1. The van der Waals surface area contributed by atoms with Crippen molar-refractivity contribution in [3.8, 4) is 16.9 Å². The molecule has 172 valence electrons. The highest BCUT2D eigenvalue weighted by Crippen LogP contribution is 2.33. The molecule has 7 nitrogen and oxygen atoms in total. The van der Waals surface area contributed by atoms with E-state index in [1.54, 1.807) is 45.0 Å². The standard InChI is InChI=1S/C24H30FN3O4/c1-24(2,3)32-23(30)27-16-9-7-8-15(12-16)22(29)28-21-13-18(19(25)14-26-21)17-10-5-6-11-20(17)31-4/h5-6,10-11,13-16H,7-9,12H2,1-4H3,(H,27,30)(H,26,28,29)/t15-,16+/m0/s1. The van der Waals surface area contributed by atoms with Crippen LogP contribution in [0.15, 0.2) is 36.5 Å². The Morgan fingerprint density at radius 1 is 1.16 bits per heavy atom. The Morgan fingerprint density at radius 2 is 1.91 bits per heavy atom. The van der Waals surface area contributed by atoms with Gasteiger partial charge in [0, 0.05) is 23.1 Å². The first-order valence-electron chi connectivity index (χ1n) is 10.8. The summed E-state index contributed by atoms with van der Waals surface area (Å²) in [4.78, 5) is 29.0. The van der Waals surface area contributed by atoms with Crippen molar-refractivity contribution in [1.82, 2.24) is 10.3 Å². The lowest BCUT2D eigenvalue weighted by atomic mass is 9.85. The molecule has 1 aliphatic carbocycles. The number of methoxy groups -OCH3 is 1. The quantitative estimate of drug-likeness (QED) is 0.685. The van der Waals surface area contributed by atoms with Gasteiger partial charge in [-0.15, -0.1) is 0 Å². The second-order valence-corrected chi connectivity index (χ2v) is 8.95. The Hall–Kier alpha value is -3.16. The minimum atomic E-state index is -0.580. The van der Waals surface area contributed by atoms with Gasteiger partial charge in [0.2, 0.25) is 5.91 Å². The summed E-state index contributed by atoms with van der Waals surface area (Å²) >= 11 is 0. The number of hydrogen-bond donors (Lipinski definition) is 2. The number of para-hydroxylation sites is 1. The Morgan fingerprint density at radius 3 is 2.62 bits per heavy atom. The highest BCUT2D eigenvalue weighted by Gasteiger charge is 2.29. The summed E-state index contributed by atoms with van der Waals surface area (Å²) in [7, 11) is 1.52. The number of hydrogen-bond acceptors (Lipinski definition) is 5. The summed E-state index contributed by atoms with van der Waals surface area (Å²) in [6.45, 7) is 5.41. The van der Waals surface area contributed by atoms with E-state index in [2.05, 4.69) is 15.6 Å². The molecule has 0 spiro atoms. The van der Waals surface area contributed by atoms with Gasteiger partial charge in [0.15, 0.2) is 0 Å². The van der Waals surface area contributed by atoms with Crippen LogP contribution in [0.1, 0.15) is 46.5 Å². The number of ether oxygens (including phenoxy) is 2. The Labute approximate surface area is 187 Å². The maximum Gasteiger partial charge on any atom is 0.407 e. The van der Waals surface area contributed by atoms with Gasteiger partial charge in [-0.2, -0.15) is 0 Å². The molecule has 2 atom stereocenters. The highest BCUT2D eigenvalue weighted by molar-refractivity contribution is 5.92. The highest BCUT2D eigenvalue weighted by atomic mass is 19.1. The maximum absolute atomic E-state index is 14.5. The average molecular weight is 444 g/mol. The summed E-state index contributed by atoms with van der Waals surface area (Å²) < 4.78 is 25.1. The van der Waals surface area contributed by atoms with Crippen molar-refractivity contribution >= 4 is 17.8 Å². The number of alkyl carbamates (subject to hydrolysis) is 1. The van der Waals surface area contributed by atoms with Gasteiger partial charge in [0.25, 0.3) is 0 Å². The molecule has 2 N–H and O–H groups in total. The molecule has 1 heterocycles. The first kappa shape index (κ1) is 23.5. The fourth-order valence-corrected chi connectivity index (χ4v) is 3.84. The molecule has 3 rings (SSSR count). The summed E-state index contributed by atoms with van der Waals surface area (Å²) in [6, 6.07) is 8.44. The molecule has 0 aliphatic heterocycles. The molecule has 1 aromatic carbocycles. The Balaban J connectivity index is 1.67. The van der Waals surface area contributed by atoms with Gasteiger partial charge in [-0.25, -0.2) is 14.2 Å². The summed E-state index contributed by atoms with van der Waals surface area (Å²) in [5.74, 6) is -0.208. The number of anilines is 1. The largest absolute Gasteiger partial charge is 0.496 e. The molecule has 1 aromatic heterocycles. The van der Waals surface area contributed by atoms with Crippen molar-refractivity contribution in [2.75, 3.05) is 12.4 Å². The fraction of sp³-hybridized carbons (Fsp3) is 0.458. The van der Waals surface area contributed by atoms with Gasteiger partial charge in [0.05, 0.1) is 13.3 Å². The fourth-order valence-electron chi connectivity index (χ4n) is 3.84. The van der Waals surface area contributed by atoms with Gasteiger partial charge in [-0.1, -0.05) is 24.6 Å². The third-order valence-corrected chi connectivity index (χ3v) is 5.27. The van der Waals surface area contributed by atoms with E-state index in [0.29, 0.717) is 29.7 Å². The third-order valence-electron chi connectivity index (χ3n) is 5.27. The summed E-state index contributed by atoms with van der Waals surface area (Å²) in [5, 5.41) is 5.65. The lowest BCUT2D eigenvalue weighted by molar-refractivity contribution is -0.121. The van der Waals surface area contributed by atoms with Crippen molar-refractivity contribution < 1.29 is 23.5 Å². The first-order valence-corrected chi connectivity index (χ1v) is 10.8. The monoisotopic (exact) mass is 443 g/mol. The van der Waals surface area contributed by atoms with Crippen LogP contribution in [-0.4, -0.2) is 35.7 Å². The van der Waals surface area contributed by atoms with Crippen molar-refractivity contribution in [1.29, 1.82) is 0 Å². The van der Waals surface area contributed by atoms with Crippen LogP contribution in [0.3, 0.4) is 0 Å². The van der Waals surface area contributed by atoms with Crippen molar-refractivity contribution in [3.05, 3.63) is 42.3 Å². The zero-order chi connectivity index (χ0) is 23.3. The van der Waals surface area contributed by atoms with E-state index in [4.69, 9.17) is 9.47 Å². The van der Waals surface area contributed by atoms with Crippen molar-refractivity contribution in [2.45, 2.75) is 58.1 Å². The normalized spacial score (nSPS) is 18.5. The van der Waals surface area contributed by atoms with Crippen LogP contribution in [0.5, 0.6) is 5.75 Å². The molecule has 32 heavy (non-hydrogen) atoms. The van der Waals surface area contributed by atoms with E-state index in [0.717, 1.165) is 19.0 Å². The number of nitrogens with one attached hydrogen (secondary N) is 2. The number of aromatic nitrogens is 1. The lowest BCUT2D eigenvalue weighted by Gasteiger charge is -2.30. The number of carbonyl (C=O) groups excluding carboxylic acids is 2. The smallest absolute Gasteiger partial charge is 0.407 e. The van der Waals surface area contributed by atoms with Gasteiger partial charge < -0.3 is 20.1 Å². The van der Waals surface area contributed by atoms with E-state index in [-0.39, 0.29) is 23.7 Å². The van der Waals surface area contributed by atoms with Gasteiger partial charge in [-0.05, 0) is 52.2 Å². The van der Waals surface area contributed by atoms with Crippen LogP contribution in [0.4, 0.5) is 15.0 Å². The molecular weight excluding hydrogens is 413 g/mol. The zero-order valence-corrected chi connectivity index (χ0v) is 18.9. The maximum atomic E-state index is 14.5. The van der Waals surface area contributed by atoms with Crippen LogP contribution in [-0.2, 0) is 9.53 Å². The number of nitrogens with zero attached hydrogens (tertiary/aromatic N) is 1. The van der Waals surface area contributed by atoms with E-state index < -0.39 is 17.5 Å². The van der Waals surface area contributed by atoms with Crippen LogP contribution in [0, 0.1) is 11.7 Å². The van der Waals surface area contributed by atoms with Crippen molar-refractivity contribution in [2.24, 2.45) is 5.92 Å². The molecule has 2 aromatic rings. The molecule has 2 amide bonds. The van der Waals surface area contributed by atoms with Gasteiger partial charge >= 0.3 is 6.09 Å². The van der Waals surface area contributed by atoms with Crippen LogP contribution >= 0.6 is 0 Å². The second kappa shape index (κ2) is 9.97. The number of halogens is 1. The third kappa shape index (κ3) is 6.18. The van der Waals surface area contributed by atoms with E-state index >= 15 is 0 Å². The summed E-state index contributed by atoms with van der Waals surface area (Å²) in [5.41, 5.74) is 0.286. The van der Waals surface area contributed by atoms with E-state index in [9.17, 15) is 14.0 Å². The van der Waals surface area contributed by atoms with Crippen LogP contribution < -0.4 is 15.4 Å². The predicted molar refractivity (Wildman–Crippen MR) is 120 cm³/mol.